The second-order valence-corrected chi connectivity index (χ2v) is 9.77. The first-order valence-electron chi connectivity index (χ1n) is 9.43. The number of nitrogens with zero attached hydrogens (tertiary/aromatic N) is 1. The molecule has 170 valence electrons. The van der Waals surface area contributed by atoms with Crippen molar-refractivity contribution >= 4 is 32.8 Å². The van der Waals surface area contributed by atoms with Crippen molar-refractivity contribution in [3.63, 3.8) is 0 Å². The standard InChI is InChI=1S/C21H19F3N2O4S2/c1-2-14-3-5-15(6-4-14)20-26-17(11-31-20)12-32(28,29)13-19(27)25-16-7-9-18(10-8-16)30-21(22,23)24/h3-11H,2,12-13H2,1H3,(H,25,27). The molecule has 0 radical (unpaired) electrons. The number of hydrogen-bond donors (Lipinski definition) is 1. The van der Waals surface area contributed by atoms with Crippen LogP contribution in [0.5, 0.6) is 5.75 Å². The molecule has 1 aromatic heterocycles. The molecular weight excluding hydrogens is 465 g/mol. The highest BCUT2D eigenvalue weighted by molar-refractivity contribution is 7.91. The van der Waals surface area contributed by atoms with Gasteiger partial charge in [-0.15, -0.1) is 24.5 Å². The number of amides is 1. The molecule has 0 aliphatic heterocycles. The molecule has 1 amide bonds. The number of carbonyl (C=O) groups excluding carboxylic acids is 1. The summed E-state index contributed by atoms with van der Waals surface area (Å²) in [5.74, 6) is -2.44. The number of aryl methyl sites for hydroxylation is 1. The largest absolute Gasteiger partial charge is 0.573 e. The molecule has 0 aliphatic carbocycles. The Hall–Kier alpha value is -2.92. The van der Waals surface area contributed by atoms with E-state index in [0.29, 0.717) is 10.7 Å². The zero-order valence-corrected chi connectivity index (χ0v) is 18.5. The van der Waals surface area contributed by atoms with Gasteiger partial charge in [0.05, 0.1) is 11.4 Å². The van der Waals surface area contributed by atoms with Crippen molar-refractivity contribution in [3.8, 4) is 16.3 Å². The number of halogens is 3. The average Bonchev–Trinajstić information content (AvgIpc) is 3.15. The number of carbonyl (C=O) groups is 1. The second kappa shape index (κ2) is 9.70. The van der Waals surface area contributed by atoms with Crippen molar-refractivity contribution in [1.29, 1.82) is 0 Å². The van der Waals surface area contributed by atoms with Crippen LogP contribution in [-0.2, 0) is 26.8 Å². The highest BCUT2D eigenvalue weighted by Crippen LogP contribution is 2.26. The molecule has 1 N–H and O–H groups in total. The summed E-state index contributed by atoms with van der Waals surface area (Å²) < 4.78 is 65.1. The van der Waals surface area contributed by atoms with Crippen molar-refractivity contribution in [2.45, 2.75) is 25.5 Å². The van der Waals surface area contributed by atoms with E-state index in [1.807, 2.05) is 24.3 Å². The van der Waals surface area contributed by atoms with Crippen molar-refractivity contribution in [2.24, 2.45) is 0 Å². The molecule has 0 saturated carbocycles. The van der Waals surface area contributed by atoms with E-state index in [0.717, 1.165) is 24.1 Å². The van der Waals surface area contributed by atoms with E-state index in [1.165, 1.54) is 29.0 Å². The smallest absolute Gasteiger partial charge is 0.406 e. The quantitative estimate of drug-likeness (QED) is 0.495. The number of alkyl halides is 3. The number of nitrogens with one attached hydrogen (secondary N) is 1. The van der Waals surface area contributed by atoms with Gasteiger partial charge in [0.2, 0.25) is 5.91 Å². The van der Waals surface area contributed by atoms with Gasteiger partial charge in [-0.3, -0.25) is 4.79 Å². The molecule has 3 rings (SSSR count). The Balaban J connectivity index is 1.58. The first-order chi connectivity index (χ1) is 15.0. The van der Waals surface area contributed by atoms with Gasteiger partial charge in [0.15, 0.2) is 9.84 Å². The second-order valence-electron chi connectivity index (χ2n) is 6.85. The Morgan fingerprint density at radius 3 is 2.34 bits per heavy atom. The molecule has 0 bridgehead atoms. The first-order valence-corrected chi connectivity index (χ1v) is 12.1. The van der Waals surface area contributed by atoms with Crippen LogP contribution in [0, 0.1) is 0 Å². The fourth-order valence-corrected chi connectivity index (χ4v) is 4.91. The average molecular weight is 485 g/mol. The minimum absolute atomic E-state index is 0.145. The zero-order chi connectivity index (χ0) is 23.4. The van der Waals surface area contributed by atoms with Crippen LogP contribution in [0.4, 0.5) is 18.9 Å². The third-order valence-corrected chi connectivity index (χ3v) is 6.63. The summed E-state index contributed by atoms with van der Waals surface area (Å²) in [5, 5.41) is 4.66. The highest BCUT2D eigenvalue weighted by atomic mass is 32.2. The number of aromatic nitrogens is 1. The SMILES string of the molecule is CCc1ccc(-c2nc(CS(=O)(=O)CC(=O)Nc3ccc(OC(F)(F)F)cc3)cs2)cc1. The van der Waals surface area contributed by atoms with Gasteiger partial charge in [0, 0.05) is 16.6 Å². The molecule has 0 atom stereocenters. The lowest BCUT2D eigenvalue weighted by Gasteiger charge is -2.10. The molecule has 0 saturated heterocycles. The molecule has 0 unspecified atom stereocenters. The number of rotatable bonds is 8. The minimum Gasteiger partial charge on any atom is -0.406 e. The topological polar surface area (TPSA) is 85.4 Å². The normalized spacial score (nSPS) is 11.9. The number of ether oxygens (including phenoxy) is 1. The van der Waals surface area contributed by atoms with Crippen molar-refractivity contribution in [1.82, 2.24) is 4.98 Å². The van der Waals surface area contributed by atoms with Crippen LogP contribution >= 0.6 is 11.3 Å². The number of thiazole rings is 1. The summed E-state index contributed by atoms with van der Waals surface area (Å²) in [7, 11) is -3.81. The maximum Gasteiger partial charge on any atom is 0.573 e. The van der Waals surface area contributed by atoms with Gasteiger partial charge in [-0.25, -0.2) is 13.4 Å². The van der Waals surface area contributed by atoms with Gasteiger partial charge >= 0.3 is 6.36 Å². The Morgan fingerprint density at radius 1 is 1.09 bits per heavy atom. The van der Waals surface area contributed by atoms with Gasteiger partial charge in [-0.1, -0.05) is 31.2 Å². The minimum atomic E-state index is -4.83. The molecule has 0 spiro atoms. The number of benzene rings is 2. The number of anilines is 1. The monoisotopic (exact) mass is 484 g/mol. The van der Waals surface area contributed by atoms with Crippen LogP contribution in [0.2, 0.25) is 0 Å². The number of hydrogen-bond acceptors (Lipinski definition) is 6. The van der Waals surface area contributed by atoms with Crippen molar-refractivity contribution < 1.29 is 31.1 Å². The third-order valence-electron chi connectivity index (χ3n) is 4.25. The van der Waals surface area contributed by atoms with Gasteiger partial charge < -0.3 is 10.1 Å². The van der Waals surface area contributed by atoms with E-state index >= 15 is 0 Å². The summed E-state index contributed by atoms with van der Waals surface area (Å²) >= 11 is 1.32. The summed E-state index contributed by atoms with van der Waals surface area (Å²) in [4.78, 5) is 16.5. The van der Waals surface area contributed by atoms with E-state index in [1.54, 1.807) is 5.38 Å². The van der Waals surface area contributed by atoms with E-state index in [2.05, 4.69) is 22.0 Å². The Morgan fingerprint density at radius 2 is 1.75 bits per heavy atom. The van der Waals surface area contributed by atoms with Crippen molar-refractivity contribution in [3.05, 3.63) is 65.2 Å². The molecule has 1 heterocycles. The lowest BCUT2D eigenvalue weighted by Crippen LogP contribution is -2.24. The van der Waals surface area contributed by atoms with Crippen molar-refractivity contribution in [2.75, 3.05) is 11.1 Å². The molecular formula is C21H19F3N2O4S2. The summed E-state index contributed by atoms with van der Waals surface area (Å²) in [6.07, 6.45) is -3.91. The summed E-state index contributed by atoms with van der Waals surface area (Å²) in [6.45, 7) is 2.05. The molecule has 6 nitrogen and oxygen atoms in total. The van der Waals surface area contributed by atoms with Gasteiger partial charge in [0.1, 0.15) is 16.5 Å². The summed E-state index contributed by atoms with van der Waals surface area (Å²) in [6, 6.07) is 12.2. The Labute approximate surface area is 187 Å². The van der Waals surface area contributed by atoms with Crippen LogP contribution in [0.15, 0.2) is 53.9 Å². The Bertz CT molecular complexity index is 1170. The van der Waals surface area contributed by atoms with E-state index in [-0.39, 0.29) is 5.69 Å². The van der Waals surface area contributed by atoms with Gasteiger partial charge in [-0.2, -0.15) is 0 Å². The summed E-state index contributed by atoms with van der Waals surface area (Å²) in [5.41, 5.74) is 2.55. The van der Waals surface area contributed by atoms with E-state index in [9.17, 15) is 26.4 Å². The fraction of sp³-hybridized carbons (Fsp3) is 0.238. The molecule has 32 heavy (non-hydrogen) atoms. The predicted octanol–water partition coefficient (Wildman–Crippen LogP) is 4.82. The zero-order valence-electron chi connectivity index (χ0n) is 16.8. The fourth-order valence-electron chi connectivity index (χ4n) is 2.80. The maximum absolute atomic E-state index is 12.4. The lowest BCUT2D eigenvalue weighted by atomic mass is 10.1. The molecule has 0 aliphatic rings. The van der Waals surface area contributed by atoms with Crippen LogP contribution in [0.25, 0.3) is 10.6 Å². The van der Waals surface area contributed by atoms with Crippen LogP contribution < -0.4 is 10.1 Å². The van der Waals surface area contributed by atoms with Crippen LogP contribution in [0.1, 0.15) is 18.2 Å². The molecule has 11 heteroatoms. The predicted molar refractivity (Wildman–Crippen MR) is 116 cm³/mol. The van der Waals surface area contributed by atoms with Gasteiger partial charge in [-0.05, 0) is 36.2 Å². The third kappa shape index (κ3) is 7.06. The Kier molecular flexibility index (Phi) is 7.19. The molecule has 0 fully saturated rings. The van der Waals surface area contributed by atoms with Crippen LogP contribution in [-0.4, -0.2) is 31.4 Å². The van der Waals surface area contributed by atoms with Crippen LogP contribution in [0.3, 0.4) is 0 Å². The molecule has 2 aromatic carbocycles. The first kappa shape index (κ1) is 23.7. The highest BCUT2D eigenvalue weighted by Gasteiger charge is 2.31. The maximum atomic E-state index is 12.4. The lowest BCUT2D eigenvalue weighted by molar-refractivity contribution is -0.274. The molecule has 3 aromatic rings. The van der Waals surface area contributed by atoms with Gasteiger partial charge in [0.25, 0.3) is 0 Å². The number of sulfone groups is 1. The van der Waals surface area contributed by atoms with E-state index in [4.69, 9.17) is 0 Å². The van der Waals surface area contributed by atoms with E-state index < -0.39 is 39.4 Å².